The average molecular weight is 263 g/mol. The summed E-state index contributed by atoms with van der Waals surface area (Å²) in [5, 5.41) is 8.14. The van der Waals surface area contributed by atoms with Crippen LogP contribution in [0.1, 0.15) is 58.7 Å². The minimum Gasteiger partial charge on any atom is -0.306 e. The third kappa shape index (κ3) is 3.38. The Morgan fingerprint density at radius 2 is 2.05 bits per heavy atom. The van der Waals surface area contributed by atoms with Crippen LogP contribution in [0.2, 0.25) is 0 Å². The normalized spacial score (nSPS) is 29.7. The first-order chi connectivity index (χ1) is 8.99. The summed E-state index contributed by atoms with van der Waals surface area (Å²) in [6, 6.07) is 3.14. The fourth-order valence-corrected chi connectivity index (χ4v) is 3.61. The van der Waals surface area contributed by atoms with Gasteiger partial charge in [0.05, 0.1) is 5.69 Å². The second-order valence-electron chi connectivity index (χ2n) is 6.70. The molecule has 4 atom stereocenters. The zero-order chi connectivity index (χ0) is 14.0. The van der Waals surface area contributed by atoms with Crippen molar-refractivity contribution in [3.05, 3.63) is 18.0 Å². The molecule has 1 aliphatic carbocycles. The lowest BCUT2D eigenvalue weighted by Gasteiger charge is -2.39. The van der Waals surface area contributed by atoms with E-state index in [1.54, 1.807) is 0 Å². The van der Waals surface area contributed by atoms with Gasteiger partial charge in [0.25, 0.3) is 0 Å². The van der Waals surface area contributed by atoms with Gasteiger partial charge in [0.2, 0.25) is 0 Å². The van der Waals surface area contributed by atoms with Crippen molar-refractivity contribution >= 4 is 0 Å². The minimum absolute atomic E-state index is 0.379. The van der Waals surface area contributed by atoms with Gasteiger partial charge < -0.3 is 5.32 Å². The molecule has 3 nitrogen and oxygen atoms in total. The number of hydrogen-bond donors (Lipinski definition) is 1. The average Bonchev–Trinajstić information content (AvgIpc) is 2.75. The van der Waals surface area contributed by atoms with Gasteiger partial charge in [0, 0.05) is 25.3 Å². The molecular formula is C16H29N3. The highest BCUT2D eigenvalue weighted by molar-refractivity contribution is 5.06. The summed E-state index contributed by atoms with van der Waals surface area (Å²) in [5.74, 6) is 2.43. The Morgan fingerprint density at radius 1 is 1.32 bits per heavy atom. The highest BCUT2D eigenvalue weighted by atomic mass is 15.3. The van der Waals surface area contributed by atoms with E-state index in [1.807, 2.05) is 17.9 Å². The first-order valence-electron chi connectivity index (χ1n) is 7.73. The Kier molecular flexibility index (Phi) is 4.67. The molecule has 3 heteroatoms. The number of hydrogen-bond acceptors (Lipinski definition) is 2. The van der Waals surface area contributed by atoms with Gasteiger partial charge in [-0.15, -0.1) is 0 Å². The van der Waals surface area contributed by atoms with Gasteiger partial charge in [-0.2, -0.15) is 5.10 Å². The Morgan fingerprint density at radius 3 is 2.63 bits per heavy atom. The van der Waals surface area contributed by atoms with Gasteiger partial charge >= 0.3 is 0 Å². The summed E-state index contributed by atoms with van der Waals surface area (Å²) >= 11 is 0. The molecule has 2 rings (SSSR count). The molecule has 1 N–H and O–H groups in total. The maximum atomic E-state index is 4.28. The summed E-state index contributed by atoms with van der Waals surface area (Å²) in [6.45, 7) is 9.38. The third-order valence-electron chi connectivity index (χ3n) is 4.79. The van der Waals surface area contributed by atoms with E-state index in [9.17, 15) is 0 Å². The zero-order valence-electron chi connectivity index (χ0n) is 13.1. The van der Waals surface area contributed by atoms with E-state index in [0.717, 1.165) is 17.8 Å². The van der Waals surface area contributed by atoms with E-state index < -0.39 is 0 Å². The van der Waals surface area contributed by atoms with Crippen LogP contribution < -0.4 is 5.32 Å². The number of rotatable bonds is 4. The van der Waals surface area contributed by atoms with Crippen LogP contribution in [0, 0.1) is 17.8 Å². The standard InChI is InChI=1S/C16H29N3/c1-11(2)14-7-6-12(3)10-15(14)18-13(4)16-8-9-17-19(16)5/h8-9,11-15,18H,6-7,10H2,1-5H3. The van der Waals surface area contributed by atoms with Crippen molar-refractivity contribution in [1.82, 2.24) is 15.1 Å². The van der Waals surface area contributed by atoms with E-state index in [4.69, 9.17) is 0 Å². The number of nitrogens with one attached hydrogen (secondary N) is 1. The summed E-state index contributed by atoms with van der Waals surface area (Å²) in [5.41, 5.74) is 1.28. The first kappa shape index (κ1) is 14.6. The highest BCUT2D eigenvalue weighted by Crippen LogP contribution is 2.34. The minimum atomic E-state index is 0.379. The molecule has 1 saturated carbocycles. The fourth-order valence-electron chi connectivity index (χ4n) is 3.61. The maximum Gasteiger partial charge on any atom is 0.0547 e. The molecule has 1 heterocycles. The van der Waals surface area contributed by atoms with Crippen molar-refractivity contribution in [3.63, 3.8) is 0 Å². The van der Waals surface area contributed by atoms with Crippen LogP contribution in [0.15, 0.2) is 12.3 Å². The molecule has 0 saturated heterocycles. The third-order valence-corrected chi connectivity index (χ3v) is 4.79. The van der Waals surface area contributed by atoms with Gasteiger partial charge in [-0.1, -0.05) is 27.2 Å². The Labute approximate surface area is 117 Å². The Balaban J connectivity index is 2.04. The van der Waals surface area contributed by atoms with Gasteiger partial charge in [-0.25, -0.2) is 0 Å². The largest absolute Gasteiger partial charge is 0.306 e. The molecule has 4 unspecified atom stereocenters. The summed E-state index contributed by atoms with van der Waals surface area (Å²) in [7, 11) is 2.02. The first-order valence-corrected chi connectivity index (χ1v) is 7.73. The van der Waals surface area contributed by atoms with Crippen molar-refractivity contribution in [2.24, 2.45) is 24.8 Å². The molecule has 19 heavy (non-hydrogen) atoms. The zero-order valence-corrected chi connectivity index (χ0v) is 13.1. The maximum absolute atomic E-state index is 4.28. The molecular weight excluding hydrogens is 234 g/mol. The van der Waals surface area contributed by atoms with E-state index in [-0.39, 0.29) is 0 Å². The molecule has 0 aromatic carbocycles. The molecule has 1 aromatic rings. The molecule has 0 spiro atoms. The van der Waals surface area contributed by atoms with Crippen molar-refractivity contribution in [2.45, 2.75) is 59.0 Å². The molecule has 0 aliphatic heterocycles. The van der Waals surface area contributed by atoms with E-state index in [0.29, 0.717) is 12.1 Å². The predicted molar refractivity (Wildman–Crippen MR) is 79.9 cm³/mol. The fraction of sp³-hybridized carbons (Fsp3) is 0.812. The van der Waals surface area contributed by atoms with Gasteiger partial charge in [0.1, 0.15) is 0 Å². The number of aryl methyl sites for hydroxylation is 1. The topological polar surface area (TPSA) is 29.9 Å². The van der Waals surface area contributed by atoms with Crippen LogP contribution >= 0.6 is 0 Å². The monoisotopic (exact) mass is 263 g/mol. The lowest BCUT2D eigenvalue weighted by Crippen LogP contribution is -2.44. The van der Waals surface area contributed by atoms with Crippen LogP contribution in [-0.2, 0) is 7.05 Å². The van der Waals surface area contributed by atoms with Crippen molar-refractivity contribution < 1.29 is 0 Å². The van der Waals surface area contributed by atoms with Crippen molar-refractivity contribution in [1.29, 1.82) is 0 Å². The second kappa shape index (κ2) is 6.08. The molecule has 0 bridgehead atoms. The van der Waals surface area contributed by atoms with Crippen LogP contribution in [-0.4, -0.2) is 15.8 Å². The number of nitrogens with zero attached hydrogens (tertiary/aromatic N) is 2. The van der Waals surface area contributed by atoms with E-state index in [1.165, 1.54) is 25.0 Å². The van der Waals surface area contributed by atoms with Crippen molar-refractivity contribution in [2.75, 3.05) is 0 Å². The van der Waals surface area contributed by atoms with Crippen LogP contribution in [0.4, 0.5) is 0 Å². The molecule has 1 aromatic heterocycles. The van der Waals surface area contributed by atoms with Crippen LogP contribution in [0.25, 0.3) is 0 Å². The molecule has 108 valence electrons. The highest BCUT2D eigenvalue weighted by Gasteiger charge is 2.31. The van der Waals surface area contributed by atoms with Gasteiger partial charge in [-0.05, 0) is 43.6 Å². The molecule has 1 fully saturated rings. The van der Waals surface area contributed by atoms with Crippen molar-refractivity contribution in [3.8, 4) is 0 Å². The molecule has 0 radical (unpaired) electrons. The SMILES string of the molecule is CC1CCC(C(C)C)C(NC(C)c2ccnn2C)C1. The lowest BCUT2D eigenvalue weighted by molar-refractivity contribution is 0.160. The van der Waals surface area contributed by atoms with Gasteiger partial charge in [-0.3, -0.25) is 4.68 Å². The van der Waals surface area contributed by atoms with Gasteiger partial charge in [0.15, 0.2) is 0 Å². The molecule has 0 amide bonds. The van der Waals surface area contributed by atoms with E-state index in [2.05, 4.69) is 44.2 Å². The lowest BCUT2D eigenvalue weighted by atomic mass is 9.74. The van der Waals surface area contributed by atoms with Crippen LogP contribution in [0.3, 0.4) is 0 Å². The summed E-state index contributed by atoms with van der Waals surface area (Å²) < 4.78 is 1.98. The van der Waals surface area contributed by atoms with E-state index >= 15 is 0 Å². The second-order valence-corrected chi connectivity index (χ2v) is 6.70. The Hall–Kier alpha value is -0.830. The summed E-state index contributed by atoms with van der Waals surface area (Å²) in [4.78, 5) is 0. The Bertz CT molecular complexity index is 396. The van der Waals surface area contributed by atoms with Crippen LogP contribution in [0.5, 0.6) is 0 Å². The molecule has 1 aliphatic rings. The summed E-state index contributed by atoms with van der Waals surface area (Å²) in [6.07, 6.45) is 5.96. The quantitative estimate of drug-likeness (QED) is 0.900. The smallest absolute Gasteiger partial charge is 0.0547 e. The number of aromatic nitrogens is 2. The predicted octanol–water partition coefficient (Wildman–Crippen LogP) is 3.53.